The van der Waals surface area contributed by atoms with Gasteiger partial charge in [0.15, 0.2) is 6.73 Å². The molecular formula is C15H14ClFN4O5. The molecule has 0 unspecified atom stereocenters. The van der Waals surface area contributed by atoms with Crippen LogP contribution in [0.15, 0.2) is 30.5 Å². The number of nitro benzene ring substituents is 1. The van der Waals surface area contributed by atoms with E-state index in [9.17, 15) is 24.1 Å². The standard InChI is InChI=1S/C15H14ClFN4O5/c16-14(22)2-1-6-18-15(23)11-5-7-20(19-11)9-26-13-8-10(17)3-4-12(13)21(24)25/h3-5,7-8H,1-2,6,9H2,(H,18,23). The zero-order chi connectivity index (χ0) is 19.1. The molecule has 11 heteroatoms. The Bertz CT molecular complexity index is 826. The Labute approximate surface area is 151 Å². The monoisotopic (exact) mass is 384 g/mol. The third-order valence-electron chi connectivity index (χ3n) is 3.18. The van der Waals surface area contributed by atoms with E-state index in [0.717, 1.165) is 18.2 Å². The second-order valence-electron chi connectivity index (χ2n) is 5.10. The lowest BCUT2D eigenvalue weighted by Gasteiger charge is -2.07. The van der Waals surface area contributed by atoms with Gasteiger partial charge in [-0.25, -0.2) is 9.07 Å². The molecule has 0 saturated heterocycles. The highest BCUT2D eigenvalue weighted by Crippen LogP contribution is 2.27. The maximum Gasteiger partial charge on any atom is 0.311 e. The Morgan fingerprint density at radius 2 is 2.15 bits per heavy atom. The lowest BCUT2D eigenvalue weighted by molar-refractivity contribution is -0.386. The normalized spacial score (nSPS) is 10.4. The van der Waals surface area contributed by atoms with Crippen LogP contribution in [0.1, 0.15) is 23.3 Å². The van der Waals surface area contributed by atoms with Crippen LogP contribution in [0.5, 0.6) is 5.75 Å². The van der Waals surface area contributed by atoms with Gasteiger partial charge in [0.25, 0.3) is 5.91 Å². The fourth-order valence-corrected chi connectivity index (χ4v) is 2.10. The fourth-order valence-electron chi connectivity index (χ4n) is 1.96. The van der Waals surface area contributed by atoms with Gasteiger partial charge in [-0.15, -0.1) is 0 Å². The number of aromatic nitrogens is 2. The molecule has 0 aliphatic carbocycles. The molecule has 1 heterocycles. The van der Waals surface area contributed by atoms with E-state index >= 15 is 0 Å². The highest BCUT2D eigenvalue weighted by atomic mass is 35.5. The van der Waals surface area contributed by atoms with Gasteiger partial charge < -0.3 is 10.1 Å². The highest BCUT2D eigenvalue weighted by Gasteiger charge is 2.16. The van der Waals surface area contributed by atoms with E-state index in [1.165, 1.54) is 16.9 Å². The van der Waals surface area contributed by atoms with Crippen molar-refractivity contribution in [3.8, 4) is 5.75 Å². The second kappa shape index (κ2) is 8.90. The predicted octanol–water partition coefficient (Wildman–Crippen LogP) is 2.24. The first-order chi connectivity index (χ1) is 12.4. The van der Waals surface area contributed by atoms with Gasteiger partial charge in [0, 0.05) is 31.3 Å². The van der Waals surface area contributed by atoms with Gasteiger partial charge in [-0.05, 0) is 30.2 Å². The maximum absolute atomic E-state index is 13.2. The number of hydrogen-bond donors (Lipinski definition) is 1. The molecular weight excluding hydrogens is 371 g/mol. The van der Waals surface area contributed by atoms with Gasteiger partial charge in [-0.2, -0.15) is 5.10 Å². The van der Waals surface area contributed by atoms with Gasteiger partial charge in [-0.1, -0.05) is 0 Å². The van der Waals surface area contributed by atoms with E-state index in [1.807, 2.05) is 0 Å². The average molecular weight is 385 g/mol. The van der Waals surface area contributed by atoms with Crippen LogP contribution < -0.4 is 10.1 Å². The number of nitrogens with one attached hydrogen (secondary N) is 1. The Balaban J connectivity index is 1.92. The molecule has 1 aromatic carbocycles. The third kappa shape index (κ3) is 5.52. The van der Waals surface area contributed by atoms with Crippen LogP contribution in [0.25, 0.3) is 0 Å². The molecule has 2 aromatic rings. The van der Waals surface area contributed by atoms with Crippen molar-refractivity contribution in [2.75, 3.05) is 6.54 Å². The lowest BCUT2D eigenvalue weighted by atomic mass is 10.3. The molecule has 0 fully saturated rings. The van der Waals surface area contributed by atoms with Crippen molar-refractivity contribution in [3.05, 3.63) is 52.1 Å². The van der Waals surface area contributed by atoms with E-state index in [1.54, 1.807) is 0 Å². The summed E-state index contributed by atoms with van der Waals surface area (Å²) in [7, 11) is 0. The number of ether oxygens (including phenoxy) is 1. The number of rotatable bonds is 9. The van der Waals surface area contributed by atoms with Crippen molar-refractivity contribution < 1.29 is 23.6 Å². The summed E-state index contributed by atoms with van der Waals surface area (Å²) in [6.45, 7) is 0.00840. The first-order valence-corrected chi connectivity index (χ1v) is 7.81. The number of halogens is 2. The van der Waals surface area contributed by atoms with Crippen LogP contribution in [0, 0.1) is 15.9 Å². The number of carbonyl (C=O) groups is 2. The summed E-state index contributed by atoms with van der Waals surface area (Å²) in [6.07, 6.45) is 1.99. The summed E-state index contributed by atoms with van der Waals surface area (Å²) in [5.41, 5.74) is -0.287. The first-order valence-electron chi connectivity index (χ1n) is 7.43. The Morgan fingerprint density at radius 1 is 1.38 bits per heavy atom. The zero-order valence-corrected chi connectivity index (χ0v) is 14.1. The average Bonchev–Trinajstić information content (AvgIpc) is 3.05. The van der Waals surface area contributed by atoms with Gasteiger partial charge in [0.2, 0.25) is 11.0 Å². The molecule has 1 amide bonds. The van der Waals surface area contributed by atoms with Gasteiger partial charge >= 0.3 is 5.69 Å². The number of benzene rings is 1. The summed E-state index contributed by atoms with van der Waals surface area (Å²) in [5.74, 6) is -1.38. The van der Waals surface area contributed by atoms with Gasteiger partial charge in [0.1, 0.15) is 11.5 Å². The van der Waals surface area contributed by atoms with E-state index in [2.05, 4.69) is 10.4 Å². The summed E-state index contributed by atoms with van der Waals surface area (Å²) < 4.78 is 19.7. The van der Waals surface area contributed by atoms with Crippen LogP contribution in [0.4, 0.5) is 10.1 Å². The minimum absolute atomic E-state index is 0.0968. The van der Waals surface area contributed by atoms with Gasteiger partial charge in [0.05, 0.1) is 4.92 Å². The molecule has 138 valence electrons. The number of nitro groups is 1. The van der Waals surface area contributed by atoms with Crippen LogP contribution in [-0.4, -0.2) is 32.4 Å². The lowest BCUT2D eigenvalue weighted by Crippen LogP contribution is -2.25. The van der Waals surface area contributed by atoms with Crippen molar-refractivity contribution in [1.82, 2.24) is 15.1 Å². The predicted molar refractivity (Wildman–Crippen MR) is 88.3 cm³/mol. The Morgan fingerprint density at radius 3 is 2.85 bits per heavy atom. The van der Waals surface area contributed by atoms with Crippen molar-refractivity contribution in [2.45, 2.75) is 19.6 Å². The number of nitrogens with zero attached hydrogens (tertiary/aromatic N) is 3. The molecule has 0 radical (unpaired) electrons. The largest absolute Gasteiger partial charge is 0.464 e. The highest BCUT2D eigenvalue weighted by molar-refractivity contribution is 6.63. The minimum atomic E-state index is -0.692. The fraction of sp³-hybridized carbons (Fsp3) is 0.267. The van der Waals surface area contributed by atoms with Crippen molar-refractivity contribution in [2.24, 2.45) is 0 Å². The third-order valence-corrected chi connectivity index (χ3v) is 3.37. The molecule has 2 rings (SSSR count). The van der Waals surface area contributed by atoms with E-state index < -0.39 is 21.9 Å². The molecule has 0 aliphatic heterocycles. The van der Waals surface area contributed by atoms with Crippen molar-refractivity contribution in [1.29, 1.82) is 0 Å². The Kier molecular flexibility index (Phi) is 6.61. The quantitative estimate of drug-likeness (QED) is 0.307. The molecule has 0 saturated carbocycles. The summed E-state index contributed by atoms with van der Waals surface area (Å²) in [4.78, 5) is 32.7. The zero-order valence-electron chi connectivity index (χ0n) is 13.4. The van der Waals surface area contributed by atoms with Crippen molar-refractivity contribution in [3.63, 3.8) is 0 Å². The van der Waals surface area contributed by atoms with E-state index in [0.29, 0.717) is 6.42 Å². The van der Waals surface area contributed by atoms with Crippen LogP contribution >= 0.6 is 11.6 Å². The Hall–Kier alpha value is -3.01. The van der Waals surface area contributed by atoms with E-state index in [4.69, 9.17) is 16.3 Å². The van der Waals surface area contributed by atoms with Crippen LogP contribution in [-0.2, 0) is 11.5 Å². The maximum atomic E-state index is 13.2. The molecule has 1 N–H and O–H groups in total. The summed E-state index contributed by atoms with van der Waals surface area (Å²) >= 11 is 5.19. The second-order valence-corrected chi connectivity index (χ2v) is 5.52. The smallest absolute Gasteiger partial charge is 0.311 e. The molecule has 1 aromatic heterocycles. The van der Waals surface area contributed by atoms with Crippen LogP contribution in [0.3, 0.4) is 0 Å². The van der Waals surface area contributed by atoms with Crippen molar-refractivity contribution >= 4 is 28.4 Å². The van der Waals surface area contributed by atoms with Crippen LogP contribution in [0.2, 0.25) is 0 Å². The molecule has 0 spiro atoms. The molecule has 9 nitrogen and oxygen atoms in total. The molecule has 0 aliphatic rings. The van der Waals surface area contributed by atoms with E-state index in [-0.39, 0.29) is 36.8 Å². The van der Waals surface area contributed by atoms with Gasteiger partial charge in [-0.3, -0.25) is 19.7 Å². The topological polar surface area (TPSA) is 116 Å². The first kappa shape index (κ1) is 19.3. The number of amides is 1. The molecule has 0 bridgehead atoms. The number of hydrogen-bond acceptors (Lipinski definition) is 6. The summed E-state index contributed by atoms with van der Waals surface area (Å²) in [6, 6.07) is 4.27. The molecule has 0 atom stereocenters. The SMILES string of the molecule is O=C(Cl)CCCNC(=O)c1ccn(COc2cc(F)ccc2[N+](=O)[O-])n1. The number of carbonyl (C=O) groups excluding carboxylic acids is 2. The minimum Gasteiger partial charge on any atom is -0.464 e. The summed E-state index contributed by atoms with van der Waals surface area (Å²) in [5, 5.41) is 17.0. The molecule has 26 heavy (non-hydrogen) atoms.